The molecule has 0 spiro atoms. The molecule has 2 aromatic carbocycles. The van der Waals surface area contributed by atoms with Crippen molar-refractivity contribution in [3.8, 4) is 5.75 Å². The maximum absolute atomic E-state index is 12.1. The van der Waals surface area contributed by atoms with Crippen molar-refractivity contribution < 1.29 is 19.8 Å². The Balaban J connectivity index is 2.29. The number of hydrogen-bond donors (Lipinski definition) is 3. The second kappa shape index (κ2) is 6.28. The Morgan fingerprint density at radius 2 is 1.71 bits per heavy atom. The fourth-order valence-corrected chi connectivity index (χ4v) is 2.43. The van der Waals surface area contributed by atoms with Gasteiger partial charge in [0, 0.05) is 14.6 Å². The van der Waals surface area contributed by atoms with Crippen LogP contribution in [0.4, 0.5) is 5.69 Å². The van der Waals surface area contributed by atoms with Gasteiger partial charge < -0.3 is 15.5 Å². The molecule has 3 N–H and O–H groups in total. The highest BCUT2D eigenvalue weighted by Gasteiger charge is 2.14. The van der Waals surface area contributed by atoms with Gasteiger partial charge in [0.15, 0.2) is 0 Å². The molecule has 0 unspecified atom stereocenters. The highest BCUT2D eigenvalue weighted by atomic mass is 79.9. The van der Waals surface area contributed by atoms with Crippen molar-refractivity contribution in [2.24, 2.45) is 0 Å². The number of benzene rings is 2. The van der Waals surface area contributed by atoms with Crippen LogP contribution >= 0.6 is 31.9 Å². The summed E-state index contributed by atoms with van der Waals surface area (Å²) in [5, 5.41) is 21.3. The Bertz CT molecular complexity index is 731. The number of carbonyl (C=O) groups is 2. The van der Waals surface area contributed by atoms with Crippen LogP contribution in [0.2, 0.25) is 0 Å². The van der Waals surface area contributed by atoms with Crippen LogP contribution < -0.4 is 5.32 Å². The van der Waals surface area contributed by atoms with Gasteiger partial charge in [-0.3, -0.25) is 4.79 Å². The third kappa shape index (κ3) is 3.62. The van der Waals surface area contributed by atoms with Gasteiger partial charge in [0.1, 0.15) is 5.75 Å². The lowest BCUT2D eigenvalue weighted by Crippen LogP contribution is -2.12. The molecule has 0 aromatic heterocycles. The van der Waals surface area contributed by atoms with Crippen LogP contribution in [-0.2, 0) is 0 Å². The van der Waals surface area contributed by atoms with Gasteiger partial charge in [0.05, 0.1) is 11.1 Å². The molecule has 0 aliphatic heterocycles. The molecule has 0 saturated carbocycles. The quantitative estimate of drug-likeness (QED) is 0.711. The number of halogens is 2. The van der Waals surface area contributed by atoms with Gasteiger partial charge in [-0.2, -0.15) is 0 Å². The van der Waals surface area contributed by atoms with Crippen LogP contribution in [0.5, 0.6) is 5.75 Å². The molecule has 0 bridgehead atoms. The van der Waals surface area contributed by atoms with Crippen LogP contribution in [0.25, 0.3) is 0 Å². The van der Waals surface area contributed by atoms with E-state index in [0.717, 1.165) is 0 Å². The Morgan fingerprint density at radius 3 is 2.38 bits per heavy atom. The summed E-state index contributed by atoms with van der Waals surface area (Å²) in [6.07, 6.45) is 0. The van der Waals surface area contributed by atoms with E-state index in [9.17, 15) is 14.7 Å². The standard InChI is InChI=1S/C14H9Br2NO4/c15-7-1-4-12(18)10(5-7)13(19)17-8-2-3-11(16)9(6-8)14(20)21/h1-6,18H,(H,17,19)(H,20,21). The van der Waals surface area contributed by atoms with Crippen LogP contribution in [0.1, 0.15) is 20.7 Å². The van der Waals surface area contributed by atoms with E-state index < -0.39 is 11.9 Å². The fourth-order valence-electron chi connectivity index (χ4n) is 1.66. The number of nitrogens with one attached hydrogen (secondary N) is 1. The van der Waals surface area contributed by atoms with Crippen LogP contribution in [0, 0.1) is 0 Å². The summed E-state index contributed by atoms with van der Waals surface area (Å²) in [7, 11) is 0. The zero-order valence-electron chi connectivity index (χ0n) is 10.4. The molecule has 0 radical (unpaired) electrons. The van der Waals surface area contributed by atoms with Gasteiger partial charge in [-0.25, -0.2) is 4.79 Å². The average Bonchev–Trinajstić information content (AvgIpc) is 2.43. The first-order valence-electron chi connectivity index (χ1n) is 5.71. The van der Waals surface area contributed by atoms with E-state index in [0.29, 0.717) is 14.6 Å². The molecule has 2 aromatic rings. The van der Waals surface area contributed by atoms with Crippen molar-refractivity contribution in [1.82, 2.24) is 0 Å². The van der Waals surface area contributed by atoms with E-state index >= 15 is 0 Å². The number of phenolic OH excluding ortho intramolecular Hbond substituents is 1. The van der Waals surface area contributed by atoms with Gasteiger partial charge in [-0.05, 0) is 52.3 Å². The highest BCUT2D eigenvalue weighted by molar-refractivity contribution is 9.10. The Morgan fingerprint density at radius 1 is 1.00 bits per heavy atom. The second-order valence-electron chi connectivity index (χ2n) is 4.12. The van der Waals surface area contributed by atoms with Gasteiger partial charge in [0.2, 0.25) is 0 Å². The predicted octanol–water partition coefficient (Wildman–Crippen LogP) is 3.87. The van der Waals surface area contributed by atoms with Gasteiger partial charge in [-0.15, -0.1) is 0 Å². The van der Waals surface area contributed by atoms with E-state index in [1.807, 2.05) is 0 Å². The summed E-state index contributed by atoms with van der Waals surface area (Å²) in [6.45, 7) is 0. The molecule has 0 aliphatic rings. The number of amides is 1. The Kier molecular flexibility index (Phi) is 4.64. The number of aromatic hydroxyl groups is 1. The normalized spacial score (nSPS) is 10.2. The molecule has 1 amide bonds. The molecular weight excluding hydrogens is 406 g/mol. The number of carbonyl (C=O) groups excluding carboxylic acids is 1. The molecule has 7 heteroatoms. The van der Waals surface area contributed by atoms with E-state index in [1.165, 1.54) is 24.3 Å². The second-order valence-corrected chi connectivity index (χ2v) is 5.89. The van der Waals surface area contributed by atoms with Gasteiger partial charge in [0.25, 0.3) is 5.91 Å². The molecule has 2 rings (SSSR count). The monoisotopic (exact) mass is 413 g/mol. The van der Waals surface area contributed by atoms with Crippen LogP contribution in [0.3, 0.4) is 0 Å². The van der Waals surface area contributed by atoms with Crippen molar-refractivity contribution in [3.05, 3.63) is 56.5 Å². The van der Waals surface area contributed by atoms with Crippen LogP contribution in [0.15, 0.2) is 45.3 Å². The minimum absolute atomic E-state index is 0.0336. The predicted molar refractivity (Wildman–Crippen MR) is 84.9 cm³/mol. The Hall–Kier alpha value is -1.86. The summed E-state index contributed by atoms with van der Waals surface area (Å²) in [5.41, 5.74) is 0.440. The number of anilines is 1. The topological polar surface area (TPSA) is 86.6 Å². The molecule has 0 atom stereocenters. The first-order valence-corrected chi connectivity index (χ1v) is 7.30. The molecule has 5 nitrogen and oxygen atoms in total. The molecule has 0 heterocycles. The lowest BCUT2D eigenvalue weighted by atomic mass is 10.1. The Labute approximate surface area is 136 Å². The van der Waals surface area contributed by atoms with E-state index in [1.54, 1.807) is 12.1 Å². The smallest absolute Gasteiger partial charge is 0.336 e. The SMILES string of the molecule is O=C(Nc1ccc(Br)c(C(=O)O)c1)c1cc(Br)ccc1O. The maximum Gasteiger partial charge on any atom is 0.336 e. The van der Waals surface area contributed by atoms with E-state index in [2.05, 4.69) is 37.2 Å². The highest BCUT2D eigenvalue weighted by Crippen LogP contribution is 2.25. The van der Waals surface area contributed by atoms with E-state index in [4.69, 9.17) is 5.11 Å². The third-order valence-corrected chi connectivity index (χ3v) is 3.84. The molecule has 21 heavy (non-hydrogen) atoms. The molecular formula is C14H9Br2NO4. The molecule has 0 saturated heterocycles. The first kappa shape index (κ1) is 15.5. The van der Waals surface area contributed by atoms with Gasteiger partial charge >= 0.3 is 5.97 Å². The summed E-state index contributed by atoms with van der Waals surface area (Å²) in [4.78, 5) is 23.1. The zero-order chi connectivity index (χ0) is 15.6. The van der Waals surface area contributed by atoms with E-state index in [-0.39, 0.29) is 16.9 Å². The fraction of sp³-hybridized carbons (Fsp3) is 0. The minimum atomic E-state index is -1.11. The molecule has 108 valence electrons. The summed E-state index contributed by atoms with van der Waals surface area (Å²) < 4.78 is 1.06. The third-order valence-electron chi connectivity index (χ3n) is 2.66. The summed E-state index contributed by atoms with van der Waals surface area (Å²) >= 11 is 6.34. The zero-order valence-corrected chi connectivity index (χ0v) is 13.6. The molecule has 0 aliphatic carbocycles. The summed E-state index contributed by atoms with van der Waals surface area (Å²) in [5.74, 6) is -1.80. The average molecular weight is 415 g/mol. The first-order chi connectivity index (χ1) is 9.88. The minimum Gasteiger partial charge on any atom is -0.507 e. The van der Waals surface area contributed by atoms with Crippen molar-refractivity contribution in [2.75, 3.05) is 5.32 Å². The lowest BCUT2D eigenvalue weighted by molar-refractivity contribution is 0.0695. The summed E-state index contributed by atoms with van der Waals surface area (Å²) in [6, 6.07) is 8.89. The number of hydrogen-bond acceptors (Lipinski definition) is 3. The van der Waals surface area contributed by atoms with Crippen LogP contribution in [-0.4, -0.2) is 22.1 Å². The van der Waals surface area contributed by atoms with Crippen molar-refractivity contribution >= 4 is 49.4 Å². The molecule has 0 fully saturated rings. The number of phenols is 1. The van der Waals surface area contributed by atoms with Gasteiger partial charge in [-0.1, -0.05) is 15.9 Å². The maximum atomic E-state index is 12.1. The lowest BCUT2D eigenvalue weighted by Gasteiger charge is -2.09. The number of rotatable bonds is 3. The van der Waals surface area contributed by atoms with Crippen molar-refractivity contribution in [1.29, 1.82) is 0 Å². The largest absolute Gasteiger partial charge is 0.507 e. The number of aromatic carboxylic acids is 1. The number of carboxylic acids is 1. The van der Waals surface area contributed by atoms with Crippen molar-refractivity contribution in [2.45, 2.75) is 0 Å². The number of carboxylic acid groups (broad SMARTS) is 1. The van der Waals surface area contributed by atoms with Crippen molar-refractivity contribution in [3.63, 3.8) is 0 Å².